The largest absolute Gasteiger partial charge is 0.338 e. The summed E-state index contributed by atoms with van der Waals surface area (Å²) in [4.78, 5) is 22.8. The molecule has 1 aliphatic rings. The minimum absolute atomic E-state index is 0.269. The van der Waals surface area contributed by atoms with Gasteiger partial charge >= 0.3 is 6.03 Å². The van der Waals surface area contributed by atoms with Gasteiger partial charge in [-0.1, -0.05) is 0 Å². The molecule has 1 saturated heterocycles. The van der Waals surface area contributed by atoms with Crippen LogP contribution in [0.4, 0.5) is 4.79 Å². The number of nitrogens with one attached hydrogen (secondary N) is 3. The van der Waals surface area contributed by atoms with Gasteiger partial charge in [0.05, 0.1) is 6.04 Å². The first kappa shape index (κ1) is 14.3. The summed E-state index contributed by atoms with van der Waals surface area (Å²) in [5, 5.41) is 8.11. The fraction of sp³-hybridized carbons (Fsp3) is 0.818. The van der Waals surface area contributed by atoms with E-state index in [0.29, 0.717) is 12.6 Å². The maximum Gasteiger partial charge on any atom is 0.321 e. The van der Waals surface area contributed by atoms with Crippen molar-refractivity contribution in [3.63, 3.8) is 0 Å². The van der Waals surface area contributed by atoms with Gasteiger partial charge in [0.1, 0.15) is 0 Å². The summed E-state index contributed by atoms with van der Waals surface area (Å²) < 4.78 is 0. The Morgan fingerprint density at radius 1 is 1.35 bits per heavy atom. The molecule has 1 atom stereocenters. The standard InChI is InChI=1S/C11H21N3O2S/c1-3-12-11(16)14-10(15)8(2)13-9-4-6-17-7-5-9/h8-9,13H,3-7H2,1-2H3,(H2,12,14,15,16). The Morgan fingerprint density at radius 2 is 2.00 bits per heavy atom. The molecule has 1 fully saturated rings. The first-order chi connectivity index (χ1) is 8.13. The van der Waals surface area contributed by atoms with Crippen molar-refractivity contribution >= 4 is 23.7 Å². The Bertz CT molecular complexity index is 267. The lowest BCUT2D eigenvalue weighted by Gasteiger charge is -2.25. The lowest BCUT2D eigenvalue weighted by atomic mass is 10.1. The fourth-order valence-electron chi connectivity index (χ4n) is 1.72. The predicted molar refractivity (Wildman–Crippen MR) is 70.2 cm³/mol. The minimum Gasteiger partial charge on any atom is -0.338 e. The second-order valence-electron chi connectivity index (χ2n) is 4.12. The molecule has 0 aromatic heterocycles. The molecule has 1 aliphatic heterocycles. The number of rotatable bonds is 4. The van der Waals surface area contributed by atoms with Crippen LogP contribution in [-0.4, -0.2) is 42.1 Å². The highest BCUT2D eigenvalue weighted by atomic mass is 32.2. The van der Waals surface area contributed by atoms with E-state index in [9.17, 15) is 9.59 Å². The predicted octanol–water partition coefficient (Wildman–Crippen LogP) is 0.706. The third-order valence-corrected chi connectivity index (χ3v) is 3.72. The molecule has 0 saturated carbocycles. The Kier molecular flexibility index (Phi) is 6.36. The Hall–Kier alpha value is -0.750. The molecule has 1 heterocycles. The molecule has 98 valence electrons. The van der Waals surface area contributed by atoms with Gasteiger partial charge in [-0.3, -0.25) is 10.1 Å². The molecule has 6 heteroatoms. The van der Waals surface area contributed by atoms with Crippen LogP contribution >= 0.6 is 11.8 Å². The summed E-state index contributed by atoms with van der Waals surface area (Å²) in [5.41, 5.74) is 0. The molecular weight excluding hydrogens is 238 g/mol. The highest BCUT2D eigenvalue weighted by Crippen LogP contribution is 2.17. The normalized spacial score (nSPS) is 18.5. The van der Waals surface area contributed by atoms with Gasteiger partial charge in [0, 0.05) is 12.6 Å². The summed E-state index contributed by atoms with van der Waals surface area (Å²) in [6.07, 6.45) is 2.17. The highest BCUT2D eigenvalue weighted by Gasteiger charge is 2.20. The van der Waals surface area contributed by atoms with Crippen molar-refractivity contribution in [2.75, 3.05) is 18.1 Å². The van der Waals surface area contributed by atoms with Crippen molar-refractivity contribution in [2.24, 2.45) is 0 Å². The molecule has 1 rings (SSSR count). The zero-order chi connectivity index (χ0) is 12.7. The van der Waals surface area contributed by atoms with Crippen LogP contribution in [0.25, 0.3) is 0 Å². The van der Waals surface area contributed by atoms with Crippen LogP contribution in [0.2, 0.25) is 0 Å². The first-order valence-corrected chi connectivity index (χ1v) is 7.21. The van der Waals surface area contributed by atoms with Gasteiger partial charge in [-0.15, -0.1) is 0 Å². The molecule has 0 radical (unpaired) electrons. The van der Waals surface area contributed by atoms with Gasteiger partial charge in [-0.2, -0.15) is 11.8 Å². The summed E-state index contributed by atoms with van der Waals surface area (Å²) in [5.74, 6) is 2.01. The molecule has 3 amide bonds. The number of carbonyl (C=O) groups is 2. The number of thioether (sulfide) groups is 1. The van der Waals surface area contributed by atoms with E-state index in [4.69, 9.17) is 0 Å². The number of urea groups is 1. The Balaban J connectivity index is 2.28. The second kappa shape index (κ2) is 7.55. The Morgan fingerprint density at radius 3 is 2.59 bits per heavy atom. The van der Waals surface area contributed by atoms with E-state index >= 15 is 0 Å². The lowest BCUT2D eigenvalue weighted by molar-refractivity contribution is -0.121. The summed E-state index contributed by atoms with van der Waals surface area (Å²) >= 11 is 1.95. The molecule has 0 bridgehead atoms. The van der Waals surface area contributed by atoms with E-state index in [1.165, 1.54) is 0 Å². The van der Waals surface area contributed by atoms with Crippen molar-refractivity contribution < 1.29 is 9.59 Å². The fourth-order valence-corrected chi connectivity index (χ4v) is 2.82. The number of carbonyl (C=O) groups excluding carboxylic acids is 2. The average molecular weight is 259 g/mol. The van der Waals surface area contributed by atoms with Crippen LogP contribution in [0.3, 0.4) is 0 Å². The van der Waals surface area contributed by atoms with Crippen molar-refractivity contribution in [3.8, 4) is 0 Å². The van der Waals surface area contributed by atoms with Crippen LogP contribution in [0.5, 0.6) is 0 Å². The van der Waals surface area contributed by atoms with Gasteiger partial charge in [0.2, 0.25) is 5.91 Å². The molecule has 0 aromatic carbocycles. The zero-order valence-electron chi connectivity index (χ0n) is 10.4. The third-order valence-electron chi connectivity index (χ3n) is 2.67. The summed E-state index contributed by atoms with van der Waals surface area (Å²) in [6.45, 7) is 4.11. The van der Waals surface area contributed by atoms with Crippen molar-refractivity contribution in [2.45, 2.75) is 38.8 Å². The highest BCUT2D eigenvalue weighted by molar-refractivity contribution is 7.99. The SMILES string of the molecule is CCNC(=O)NC(=O)C(C)NC1CCSCC1. The van der Waals surface area contributed by atoms with Gasteiger partial charge < -0.3 is 10.6 Å². The topological polar surface area (TPSA) is 70.2 Å². The molecule has 0 aliphatic carbocycles. The van der Waals surface area contributed by atoms with Gasteiger partial charge in [-0.25, -0.2) is 4.79 Å². The Labute approximate surface area is 106 Å². The van der Waals surface area contributed by atoms with E-state index < -0.39 is 6.03 Å². The van der Waals surface area contributed by atoms with Crippen molar-refractivity contribution in [1.29, 1.82) is 0 Å². The van der Waals surface area contributed by atoms with E-state index in [1.807, 2.05) is 18.7 Å². The van der Waals surface area contributed by atoms with Crippen LogP contribution in [0.1, 0.15) is 26.7 Å². The molecule has 3 N–H and O–H groups in total. The van der Waals surface area contributed by atoms with Gasteiger partial charge in [0.15, 0.2) is 0 Å². The lowest BCUT2D eigenvalue weighted by Crippen LogP contribution is -2.51. The quantitative estimate of drug-likeness (QED) is 0.695. The zero-order valence-corrected chi connectivity index (χ0v) is 11.2. The monoisotopic (exact) mass is 259 g/mol. The number of imide groups is 1. The smallest absolute Gasteiger partial charge is 0.321 e. The van der Waals surface area contributed by atoms with Crippen LogP contribution < -0.4 is 16.0 Å². The number of amides is 3. The molecule has 0 aromatic rings. The number of hydrogen-bond acceptors (Lipinski definition) is 4. The van der Waals surface area contributed by atoms with E-state index in [2.05, 4.69) is 16.0 Å². The third kappa shape index (κ3) is 5.41. The van der Waals surface area contributed by atoms with E-state index in [1.54, 1.807) is 6.92 Å². The maximum atomic E-state index is 11.7. The molecule has 0 spiro atoms. The second-order valence-corrected chi connectivity index (χ2v) is 5.35. The van der Waals surface area contributed by atoms with Crippen molar-refractivity contribution in [1.82, 2.24) is 16.0 Å². The summed E-state index contributed by atoms with van der Waals surface area (Å²) in [7, 11) is 0. The number of hydrogen-bond donors (Lipinski definition) is 3. The van der Waals surface area contributed by atoms with Gasteiger partial charge in [-0.05, 0) is 38.2 Å². The minimum atomic E-state index is -0.426. The van der Waals surface area contributed by atoms with E-state index in [0.717, 1.165) is 24.3 Å². The van der Waals surface area contributed by atoms with Gasteiger partial charge in [0.25, 0.3) is 0 Å². The first-order valence-electron chi connectivity index (χ1n) is 6.06. The molecule has 17 heavy (non-hydrogen) atoms. The summed E-state index contributed by atoms with van der Waals surface area (Å²) in [6, 6.07) is -0.359. The van der Waals surface area contributed by atoms with Crippen LogP contribution in [0.15, 0.2) is 0 Å². The average Bonchev–Trinajstić information content (AvgIpc) is 2.30. The molecular formula is C11H21N3O2S. The van der Waals surface area contributed by atoms with E-state index in [-0.39, 0.29) is 11.9 Å². The van der Waals surface area contributed by atoms with Crippen LogP contribution in [0, 0.1) is 0 Å². The maximum absolute atomic E-state index is 11.7. The van der Waals surface area contributed by atoms with Crippen molar-refractivity contribution in [3.05, 3.63) is 0 Å². The molecule has 5 nitrogen and oxygen atoms in total. The molecule has 1 unspecified atom stereocenters. The van der Waals surface area contributed by atoms with Crippen LogP contribution in [-0.2, 0) is 4.79 Å².